The second-order valence-electron chi connectivity index (χ2n) is 7.08. The van der Waals surface area contributed by atoms with Gasteiger partial charge in [0.05, 0.1) is 10.5 Å². The van der Waals surface area contributed by atoms with Crippen LogP contribution in [0.15, 0.2) is 26.8 Å². The van der Waals surface area contributed by atoms with Crippen LogP contribution >= 0.6 is 11.8 Å². The summed E-state index contributed by atoms with van der Waals surface area (Å²) < 4.78 is 88.2. The van der Waals surface area contributed by atoms with Crippen LogP contribution in [0, 0.1) is 23.3 Å². The third-order valence-electron chi connectivity index (χ3n) is 4.31. The van der Waals surface area contributed by atoms with Crippen molar-refractivity contribution in [3.8, 4) is 0 Å². The summed E-state index contributed by atoms with van der Waals surface area (Å²) in [7, 11) is -5.56. The molecule has 11 heteroatoms. The Bertz CT molecular complexity index is 1100. The van der Waals surface area contributed by atoms with E-state index in [1.165, 1.54) is 12.1 Å². The minimum atomic E-state index is -5.56. The van der Waals surface area contributed by atoms with E-state index >= 15 is 0 Å². The Hall–Kier alpha value is -2.11. The molecule has 2 aromatic carbocycles. The third kappa shape index (κ3) is 4.47. The van der Waals surface area contributed by atoms with E-state index in [0.29, 0.717) is 22.9 Å². The number of aromatic carboxylic acids is 1. The highest BCUT2D eigenvalue weighted by molar-refractivity contribution is 7.99. The molecule has 0 aliphatic rings. The fourth-order valence-corrected chi connectivity index (χ4v) is 4.64. The summed E-state index contributed by atoms with van der Waals surface area (Å²) in [6.45, 7) is 6.78. The molecule has 0 heterocycles. The molecule has 0 aromatic heterocycles. The van der Waals surface area contributed by atoms with E-state index in [1.54, 1.807) is 27.7 Å². The Morgan fingerprint density at radius 3 is 1.73 bits per heavy atom. The molecule has 0 radical (unpaired) electrons. The maximum Gasteiger partial charge on any atom is 0.335 e. The fraction of sp³-hybridized carbons (Fsp3) is 0.316. The molecule has 2 N–H and O–H groups in total. The Morgan fingerprint density at radius 1 is 0.900 bits per heavy atom. The molecule has 0 spiro atoms. The quantitative estimate of drug-likeness (QED) is 0.328. The summed E-state index contributed by atoms with van der Waals surface area (Å²) in [5.41, 5.74) is 0.684. The van der Waals surface area contributed by atoms with Crippen molar-refractivity contribution >= 4 is 27.8 Å². The van der Waals surface area contributed by atoms with Crippen LogP contribution in [0.2, 0.25) is 0 Å². The fourth-order valence-electron chi connectivity index (χ4n) is 2.83. The van der Waals surface area contributed by atoms with Gasteiger partial charge in [0.25, 0.3) is 0 Å². The molecule has 0 atom stereocenters. The number of hydrogen-bond acceptors (Lipinski definition) is 4. The van der Waals surface area contributed by atoms with E-state index in [4.69, 9.17) is 4.55 Å². The van der Waals surface area contributed by atoms with Crippen molar-refractivity contribution in [1.29, 1.82) is 0 Å². The SMILES string of the molecule is CC(C)c1cc(C(=O)O)c(C(C)C)cc1Sc1c(F)c(F)c(S(=O)(=O)O)c(F)c1F. The largest absolute Gasteiger partial charge is 0.478 e. The maximum atomic E-state index is 14.4. The molecule has 0 bridgehead atoms. The molecule has 2 aromatic rings. The predicted octanol–water partition coefficient (Wildman–Crippen LogP) is 5.59. The van der Waals surface area contributed by atoms with Gasteiger partial charge < -0.3 is 5.11 Å². The number of benzene rings is 2. The summed E-state index contributed by atoms with van der Waals surface area (Å²) in [6, 6.07) is 2.71. The molecule has 2 rings (SSSR count). The highest BCUT2D eigenvalue weighted by Gasteiger charge is 2.33. The van der Waals surface area contributed by atoms with Crippen LogP contribution in [0.4, 0.5) is 17.6 Å². The number of carboxylic acid groups (broad SMARTS) is 1. The number of rotatable bonds is 6. The third-order valence-corrected chi connectivity index (χ3v) is 6.32. The normalized spacial score (nSPS) is 12.1. The van der Waals surface area contributed by atoms with Crippen molar-refractivity contribution in [2.45, 2.75) is 54.2 Å². The predicted molar refractivity (Wildman–Crippen MR) is 102 cm³/mol. The highest BCUT2D eigenvalue weighted by Crippen LogP contribution is 2.42. The maximum absolute atomic E-state index is 14.4. The Morgan fingerprint density at radius 2 is 1.37 bits per heavy atom. The number of carbonyl (C=O) groups is 1. The minimum Gasteiger partial charge on any atom is -0.478 e. The summed E-state index contributed by atoms with van der Waals surface area (Å²) in [5.74, 6) is -10.3. The molecule has 0 fully saturated rings. The Kier molecular flexibility index (Phi) is 6.89. The Labute approximate surface area is 174 Å². The van der Waals surface area contributed by atoms with Crippen molar-refractivity contribution in [2.24, 2.45) is 0 Å². The zero-order chi connectivity index (χ0) is 23.1. The van der Waals surface area contributed by atoms with Gasteiger partial charge in [-0.15, -0.1) is 0 Å². The zero-order valence-corrected chi connectivity index (χ0v) is 17.9. The minimum absolute atomic E-state index is 0.0157. The van der Waals surface area contributed by atoms with E-state index in [0.717, 1.165) is 0 Å². The van der Waals surface area contributed by atoms with Gasteiger partial charge in [0.2, 0.25) is 0 Å². The summed E-state index contributed by atoms with van der Waals surface area (Å²) in [5, 5.41) is 9.46. The van der Waals surface area contributed by atoms with E-state index < -0.39 is 49.1 Å². The van der Waals surface area contributed by atoms with Gasteiger partial charge in [-0.3, -0.25) is 4.55 Å². The van der Waals surface area contributed by atoms with Crippen molar-refractivity contribution in [2.75, 3.05) is 0 Å². The van der Waals surface area contributed by atoms with Crippen LogP contribution in [-0.2, 0) is 10.1 Å². The monoisotopic (exact) mass is 466 g/mol. The van der Waals surface area contributed by atoms with E-state index in [-0.39, 0.29) is 22.3 Å². The topological polar surface area (TPSA) is 91.7 Å². The van der Waals surface area contributed by atoms with Crippen LogP contribution in [-0.4, -0.2) is 24.0 Å². The summed E-state index contributed by atoms with van der Waals surface area (Å²) >= 11 is 0.296. The van der Waals surface area contributed by atoms with Crippen molar-refractivity contribution in [1.82, 2.24) is 0 Å². The Balaban J connectivity index is 2.80. The van der Waals surface area contributed by atoms with Gasteiger partial charge >= 0.3 is 16.1 Å². The standard InChI is InChI=1S/C19H18F4O5S2/c1-7(2)9-6-12(10(8(3)4)5-11(9)19(24)25)29-17-13(20)15(22)18(30(26,27)28)16(23)14(17)21/h5-8H,1-4H3,(H,24,25)(H,26,27,28). The smallest absolute Gasteiger partial charge is 0.335 e. The van der Waals surface area contributed by atoms with Crippen molar-refractivity contribution < 1.29 is 40.4 Å². The van der Waals surface area contributed by atoms with Crippen LogP contribution in [0.3, 0.4) is 0 Å². The summed E-state index contributed by atoms with van der Waals surface area (Å²) in [4.78, 5) is 8.47. The van der Waals surface area contributed by atoms with Crippen molar-refractivity contribution in [3.05, 3.63) is 52.1 Å². The van der Waals surface area contributed by atoms with E-state index in [1.807, 2.05) is 0 Å². The number of halogens is 4. The van der Waals surface area contributed by atoms with Gasteiger partial charge in [0.1, 0.15) is 0 Å². The lowest BCUT2D eigenvalue weighted by Crippen LogP contribution is -2.11. The molecule has 30 heavy (non-hydrogen) atoms. The lowest BCUT2D eigenvalue weighted by Gasteiger charge is -2.19. The zero-order valence-electron chi connectivity index (χ0n) is 16.3. The van der Waals surface area contributed by atoms with Gasteiger partial charge in [0, 0.05) is 4.90 Å². The van der Waals surface area contributed by atoms with E-state index in [9.17, 15) is 35.9 Å². The first kappa shape index (κ1) is 24.2. The van der Waals surface area contributed by atoms with Crippen LogP contribution in [0.5, 0.6) is 0 Å². The van der Waals surface area contributed by atoms with Gasteiger partial charge in [-0.25, -0.2) is 22.4 Å². The molecule has 0 aliphatic heterocycles. The van der Waals surface area contributed by atoms with E-state index in [2.05, 4.69) is 0 Å². The first-order chi connectivity index (χ1) is 13.7. The molecular weight excluding hydrogens is 448 g/mol. The number of hydrogen-bond donors (Lipinski definition) is 2. The van der Waals surface area contributed by atoms with Gasteiger partial charge in [0.15, 0.2) is 28.2 Å². The van der Waals surface area contributed by atoms with Gasteiger partial charge in [-0.2, -0.15) is 8.42 Å². The first-order valence-corrected chi connectivity index (χ1v) is 10.9. The van der Waals surface area contributed by atoms with Crippen molar-refractivity contribution in [3.63, 3.8) is 0 Å². The molecule has 164 valence electrons. The van der Waals surface area contributed by atoms with Gasteiger partial charge in [-0.05, 0) is 35.1 Å². The van der Waals surface area contributed by atoms with Crippen LogP contribution in [0.25, 0.3) is 0 Å². The summed E-state index contributed by atoms with van der Waals surface area (Å²) in [6.07, 6.45) is 0. The second kappa shape index (κ2) is 8.56. The second-order valence-corrected chi connectivity index (χ2v) is 9.49. The molecule has 0 amide bonds. The average molecular weight is 466 g/mol. The number of carboxylic acids is 1. The molecule has 0 saturated carbocycles. The lowest BCUT2D eigenvalue weighted by atomic mass is 9.92. The van der Waals surface area contributed by atoms with Gasteiger partial charge in [-0.1, -0.05) is 39.5 Å². The molecule has 0 saturated heterocycles. The molecular formula is C19H18F4O5S2. The highest BCUT2D eigenvalue weighted by atomic mass is 32.2. The molecule has 0 aliphatic carbocycles. The lowest BCUT2D eigenvalue weighted by molar-refractivity contribution is 0.0695. The van der Waals surface area contributed by atoms with Crippen LogP contribution < -0.4 is 0 Å². The molecule has 0 unspecified atom stereocenters. The van der Waals surface area contributed by atoms with Crippen LogP contribution in [0.1, 0.15) is 61.0 Å². The molecule has 5 nitrogen and oxygen atoms in total. The average Bonchev–Trinajstić information content (AvgIpc) is 2.61. The first-order valence-electron chi connectivity index (χ1n) is 8.60.